The molecule has 1 aliphatic carbocycles. The number of ketones is 1. The summed E-state index contributed by atoms with van der Waals surface area (Å²) in [5, 5.41) is 5.02. The molecule has 0 bridgehead atoms. The largest absolute Gasteiger partial charge is 0.352 e. The molecule has 0 radical (unpaired) electrons. The van der Waals surface area contributed by atoms with E-state index in [2.05, 4.69) is 15.5 Å². The van der Waals surface area contributed by atoms with Gasteiger partial charge in [0.15, 0.2) is 0 Å². The topological polar surface area (TPSA) is 139 Å². The van der Waals surface area contributed by atoms with Gasteiger partial charge in [0.05, 0.1) is 6.54 Å². The van der Waals surface area contributed by atoms with Crippen molar-refractivity contribution in [2.75, 3.05) is 13.1 Å². The van der Waals surface area contributed by atoms with Gasteiger partial charge in [-0.25, -0.2) is 4.79 Å². The first kappa shape index (κ1) is 26.3. The van der Waals surface area contributed by atoms with E-state index in [0.29, 0.717) is 5.06 Å². The quantitative estimate of drug-likeness (QED) is 0.514. The summed E-state index contributed by atoms with van der Waals surface area (Å²) < 4.78 is 0. The second-order valence-electron chi connectivity index (χ2n) is 7.61. The van der Waals surface area contributed by atoms with E-state index in [1.807, 2.05) is 0 Å². The molecule has 1 heterocycles. The van der Waals surface area contributed by atoms with Crippen molar-refractivity contribution in [1.29, 1.82) is 0 Å². The Kier molecular flexibility index (Phi) is 11.4. The third kappa shape index (κ3) is 9.27. The van der Waals surface area contributed by atoms with Crippen LogP contribution in [0.2, 0.25) is 0 Å². The third-order valence-electron chi connectivity index (χ3n) is 5.23. The third-order valence-corrected chi connectivity index (χ3v) is 5.23. The second-order valence-corrected chi connectivity index (χ2v) is 7.61. The van der Waals surface area contributed by atoms with E-state index >= 15 is 0 Å². The molecule has 0 unspecified atom stereocenters. The fourth-order valence-corrected chi connectivity index (χ4v) is 3.51. The zero-order chi connectivity index (χ0) is 21.9. The highest BCUT2D eigenvalue weighted by Crippen LogP contribution is 2.24. The SMILES string of the molecule is C.O=C(CCC(=O)C1CCCCCCC1)NCC(=O)NCC(=O)ON1C(=O)CCC1=O. The minimum Gasteiger partial charge on any atom is -0.347 e. The lowest BCUT2D eigenvalue weighted by atomic mass is 9.86. The smallest absolute Gasteiger partial charge is 0.347 e. The van der Waals surface area contributed by atoms with Crippen molar-refractivity contribution in [3.63, 3.8) is 0 Å². The number of hydrogen-bond acceptors (Lipinski definition) is 7. The zero-order valence-corrected chi connectivity index (χ0v) is 17.1. The van der Waals surface area contributed by atoms with E-state index in [1.165, 1.54) is 6.42 Å². The van der Waals surface area contributed by atoms with Gasteiger partial charge in [0.25, 0.3) is 11.8 Å². The number of Topliss-reactive ketones (excluding diaryl/α,β-unsaturated/α-hetero) is 1. The van der Waals surface area contributed by atoms with E-state index in [0.717, 1.165) is 38.5 Å². The van der Waals surface area contributed by atoms with Gasteiger partial charge in [0.2, 0.25) is 11.8 Å². The molecule has 174 valence electrons. The Morgan fingerprint density at radius 3 is 1.97 bits per heavy atom. The Bertz CT molecular complexity index is 668. The first-order valence-corrected chi connectivity index (χ1v) is 10.5. The van der Waals surface area contributed by atoms with Gasteiger partial charge in [-0.1, -0.05) is 39.5 Å². The van der Waals surface area contributed by atoms with Gasteiger partial charge in [0, 0.05) is 31.6 Å². The monoisotopic (exact) mass is 439 g/mol. The van der Waals surface area contributed by atoms with E-state index in [-0.39, 0.29) is 51.4 Å². The molecule has 10 nitrogen and oxygen atoms in total. The van der Waals surface area contributed by atoms with E-state index < -0.39 is 36.1 Å². The molecule has 31 heavy (non-hydrogen) atoms. The molecule has 0 atom stereocenters. The number of rotatable bonds is 9. The maximum Gasteiger partial charge on any atom is 0.352 e. The summed E-state index contributed by atoms with van der Waals surface area (Å²) in [4.78, 5) is 74.8. The van der Waals surface area contributed by atoms with Crippen LogP contribution in [0.3, 0.4) is 0 Å². The van der Waals surface area contributed by atoms with Crippen LogP contribution in [0.15, 0.2) is 0 Å². The van der Waals surface area contributed by atoms with Crippen LogP contribution in [-0.2, 0) is 33.6 Å². The van der Waals surface area contributed by atoms with Crippen LogP contribution < -0.4 is 10.6 Å². The summed E-state index contributed by atoms with van der Waals surface area (Å²) in [6, 6.07) is 0. The van der Waals surface area contributed by atoms with Gasteiger partial charge in [-0.05, 0) is 12.8 Å². The molecule has 0 aromatic rings. The van der Waals surface area contributed by atoms with Crippen LogP contribution >= 0.6 is 0 Å². The number of hydroxylamine groups is 2. The lowest BCUT2D eigenvalue weighted by Gasteiger charge is -2.18. The Morgan fingerprint density at radius 2 is 1.35 bits per heavy atom. The Hall–Kier alpha value is -2.78. The van der Waals surface area contributed by atoms with Crippen LogP contribution in [0.1, 0.15) is 78.1 Å². The highest BCUT2D eigenvalue weighted by atomic mass is 16.7. The van der Waals surface area contributed by atoms with Crippen LogP contribution in [-0.4, -0.2) is 53.5 Å². The minimum absolute atomic E-state index is 0. The Labute approximate surface area is 182 Å². The van der Waals surface area contributed by atoms with Crippen LogP contribution in [0.5, 0.6) is 0 Å². The summed E-state index contributed by atoms with van der Waals surface area (Å²) in [7, 11) is 0. The first-order valence-electron chi connectivity index (χ1n) is 10.5. The molecular weight excluding hydrogens is 406 g/mol. The van der Waals surface area contributed by atoms with Gasteiger partial charge in [0.1, 0.15) is 12.3 Å². The van der Waals surface area contributed by atoms with Gasteiger partial charge < -0.3 is 15.5 Å². The summed E-state index contributed by atoms with van der Waals surface area (Å²) in [5.74, 6) is -3.11. The summed E-state index contributed by atoms with van der Waals surface area (Å²) >= 11 is 0. The van der Waals surface area contributed by atoms with Gasteiger partial charge >= 0.3 is 5.97 Å². The highest BCUT2D eigenvalue weighted by molar-refractivity contribution is 6.01. The molecule has 2 rings (SSSR count). The van der Waals surface area contributed by atoms with Gasteiger partial charge in [-0.3, -0.25) is 24.0 Å². The standard InChI is InChI=1S/C20H29N3O7.CH4/c24-15(14-6-4-2-1-3-5-7-14)8-9-16(25)21-12-17(26)22-13-20(29)30-23-18(27)10-11-19(23)28;/h14H,1-13H2,(H,21,25)(H,22,26);1H4. The van der Waals surface area contributed by atoms with Crippen molar-refractivity contribution in [2.24, 2.45) is 5.92 Å². The molecule has 0 aromatic carbocycles. The molecule has 1 aliphatic heterocycles. The minimum atomic E-state index is -0.969. The van der Waals surface area contributed by atoms with Crippen molar-refractivity contribution in [1.82, 2.24) is 15.7 Å². The lowest BCUT2D eigenvalue weighted by molar-refractivity contribution is -0.196. The molecule has 4 amide bonds. The number of imide groups is 1. The second kappa shape index (κ2) is 13.5. The number of nitrogens with one attached hydrogen (secondary N) is 2. The van der Waals surface area contributed by atoms with E-state index in [4.69, 9.17) is 0 Å². The van der Waals surface area contributed by atoms with E-state index in [9.17, 15) is 28.8 Å². The van der Waals surface area contributed by atoms with Crippen LogP contribution in [0, 0.1) is 5.92 Å². The first-order chi connectivity index (χ1) is 14.4. The summed E-state index contributed by atoms with van der Waals surface area (Å²) in [6.07, 6.45) is 7.51. The predicted octanol–water partition coefficient (Wildman–Crippen LogP) is 1.17. The maximum atomic E-state index is 12.3. The number of amides is 4. The number of carbonyl (C=O) groups excluding carboxylic acids is 6. The normalized spacial score (nSPS) is 17.2. The maximum absolute atomic E-state index is 12.3. The lowest BCUT2D eigenvalue weighted by Crippen LogP contribution is -2.41. The van der Waals surface area contributed by atoms with Crippen LogP contribution in [0.25, 0.3) is 0 Å². The van der Waals surface area contributed by atoms with Gasteiger partial charge in [-0.2, -0.15) is 0 Å². The molecular formula is C21H33N3O7. The average molecular weight is 440 g/mol. The number of carbonyl (C=O) groups is 6. The summed E-state index contributed by atoms with van der Waals surface area (Å²) in [6.45, 7) is -0.906. The van der Waals surface area contributed by atoms with Crippen molar-refractivity contribution in [3.8, 4) is 0 Å². The predicted molar refractivity (Wildman–Crippen MR) is 110 cm³/mol. The fourth-order valence-electron chi connectivity index (χ4n) is 3.51. The molecule has 0 spiro atoms. The molecule has 10 heteroatoms. The van der Waals surface area contributed by atoms with E-state index in [1.54, 1.807) is 0 Å². The fraction of sp³-hybridized carbons (Fsp3) is 0.714. The molecule has 0 aromatic heterocycles. The van der Waals surface area contributed by atoms with Gasteiger partial charge in [-0.15, -0.1) is 5.06 Å². The number of hydrogen-bond donors (Lipinski definition) is 2. The van der Waals surface area contributed by atoms with Crippen molar-refractivity contribution in [2.45, 2.75) is 78.1 Å². The Morgan fingerprint density at radius 1 is 0.806 bits per heavy atom. The summed E-state index contributed by atoms with van der Waals surface area (Å²) in [5.41, 5.74) is 0. The average Bonchev–Trinajstić information content (AvgIpc) is 3.00. The molecule has 1 saturated heterocycles. The molecule has 1 saturated carbocycles. The van der Waals surface area contributed by atoms with Crippen molar-refractivity contribution in [3.05, 3.63) is 0 Å². The highest BCUT2D eigenvalue weighted by Gasteiger charge is 2.32. The van der Waals surface area contributed by atoms with Crippen molar-refractivity contribution >= 4 is 35.4 Å². The number of nitrogens with zero attached hydrogens (tertiary/aromatic N) is 1. The van der Waals surface area contributed by atoms with Crippen molar-refractivity contribution < 1.29 is 33.6 Å². The molecule has 2 N–H and O–H groups in total. The molecule has 2 aliphatic rings. The molecule has 2 fully saturated rings. The zero-order valence-electron chi connectivity index (χ0n) is 17.1. The Balaban J connectivity index is 0.00000480. The van der Waals surface area contributed by atoms with Crippen LogP contribution in [0.4, 0.5) is 0 Å².